The Morgan fingerprint density at radius 2 is 2.32 bits per heavy atom. The average molecular weight is 278 g/mol. The standard InChI is InChI=1S/C12H14N4O2S/c1-7(17)8-2-5-10(13-6-8)19-12-15-14-11(18)16(12)9-3-4-9/h2,5-7,9,17H,3-4H2,1H3,(H,14,18)/t7-/m1/s1. The maximum absolute atomic E-state index is 11.6. The number of aromatic nitrogens is 4. The van der Waals surface area contributed by atoms with E-state index in [1.165, 1.54) is 11.8 Å². The van der Waals surface area contributed by atoms with Gasteiger partial charge in [-0.2, -0.15) is 0 Å². The lowest BCUT2D eigenvalue weighted by molar-refractivity contribution is 0.198. The quantitative estimate of drug-likeness (QED) is 0.885. The third-order valence-corrected chi connectivity index (χ3v) is 3.94. The monoisotopic (exact) mass is 278 g/mol. The fourth-order valence-corrected chi connectivity index (χ4v) is 2.66. The molecule has 0 saturated heterocycles. The molecular formula is C12H14N4O2S. The van der Waals surface area contributed by atoms with Gasteiger partial charge in [0.1, 0.15) is 5.03 Å². The van der Waals surface area contributed by atoms with Crippen LogP contribution in [0.3, 0.4) is 0 Å². The van der Waals surface area contributed by atoms with E-state index in [1.54, 1.807) is 17.7 Å². The lowest BCUT2D eigenvalue weighted by Gasteiger charge is -2.05. The van der Waals surface area contributed by atoms with Gasteiger partial charge in [0.25, 0.3) is 0 Å². The summed E-state index contributed by atoms with van der Waals surface area (Å²) in [6.07, 6.45) is 3.17. The second-order valence-electron chi connectivity index (χ2n) is 4.62. The number of aliphatic hydroxyl groups is 1. The van der Waals surface area contributed by atoms with Crippen molar-refractivity contribution in [1.29, 1.82) is 0 Å². The zero-order valence-electron chi connectivity index (χ0n) is 10.4. The molecule has 1 fully saturated rings. The number of rotatable bonds is 4. The van der Waals surface area contributed by atoms with Gasteiger partial charge in [-0.15, -0.1) is 5.10 Å². The normalized spacial score (nSPS) is 16.5. The Bertz CT molecular complexity index is 628. The minimum absolute atomic E-state index is 0.161. The van der Waals surface area contributed by atoms with Crippen LogP contribution in [0.2, 0.25) is 0 Å². The number of nitrogens with zero attached hydrogens (tertiary/aromatic N) is 3. The van der Waals surface area contributed by atoms with E-state index >= 15 is 0 Å². The van der Waals surface area contributed by atoms with Crippen molar-refractivity contribution in [1.82, 2.24) is 19.7 Å². The van der Waals surface area contributed by atoms with Gasteiger partial charge in [0, 0.05) is 12.2 Å². The molecule has 19 heavy (non-hydrogen) atoms. The van der Waals surface area contributed by atoms with Crippen LogP contribution in [0.25, 0.3) is 0 Å². The summed E-state index contributed by atoms with van der Waals surface area (Å²) in [6, 6.07) is 3.93. The van der Waals surface area contributed by atoms with Gasteiger partial charge in [0.05, 0.1) is 6.10 Å². The molecule has 1 saturated carbocycles. The molecule has 0 spiro atoms. The van der Waals surface area contributed by atoms with Crippen LogP contribution in [0.5, 0.6) is 0 Å². The number of aromatic amines is 1. The summed E-state index contributed by atoms with van der Waals surface area (Å²) >= 11 is 1.35. The smallest absolute Gasteiger partial charge is 0.344 e. The van der Waals surface area contributed by atoms with Crippen LogP contribution < -0.4 is 5.69 Å². The third kappa shape index (κ3) is 2.57. The highest BCUT2D eigenvalue weighted by Gasteiger charge is 2.28. The second-order valence-corrected chi connectivity index (χ2v) is 5.61. The van der Waals surface area contributed by atoms with Gasteiger partial charge in [-0.25, -0.2) is 14.9 Å². The third-order valence-electron chi connectivity index (χ3n) is 3.02. The van der Waals surface area contributed by atoms with Crippen LogP contribution in [0, 0.1) is 0 Å². The highest BCUT2D eigenvalue weighted by molar-refractivity contribution is 7.99. The van der Waals surface area contributed by atoms with E-state index in [0.29, 0.717) is 5.16 Å². The predicted octanol–water partition coefficient (Wildman–Crippen LogP) is 1.51. The average Bonchev–Trinajstić information content (AvgIpc) is 3.16. The Morgan fingerprint density at radius 1 is 1.53 bits per heavy atom. The minimum Gasteiger partial charge on any atom is -0.389 e. The molecule has 0 aromatic carbocycles. The topological polar surface area (TPSA) is 83.8 Å². The molecule has 6 nitrogen and oxygen atoms in total. The molecule has 1 atom stereocenters. The first kappa shape index (κ1) is 12.4. The van der Waals surface area contributed by atoms with Crippen molar-refractivity contribution in [2.24, 2.45) is 0 Å². The number of H-pyrrole nitrogens is 1. The first-order valence-corrected chi connectivity index (χ1v) is 6.95. The predicted molar refractivity (Wildman–Crippen MR) is 70.1 cm³/mol. The van der Waals surface area contributed by atoms with Gasteiger partial charge in [-0.05, 0) is 43.2 Å². The highest BCUT2D eigenvalue weighted by Crippen LogP contribution is 2.37. The highest BCUT2D eigenvalue weighted by atomic mass is 32.2. The summed E-state index contributed by atoms with van der Waals surface area (Å²) in [4.78, 5) is 15.9. The van der Waals surface area contributed by atoms with Crippen LogP contribution >= 0.6 is 11.8 Å². The van der Waals surface area contributed by atoms with Gasteiger partial charge in [-0.1, -0.05) is 6.07 Å². The van der Waals surface area contributed by atoms with Gasteiger partial charge >= 0.3 is 5.69 Å². The second kappa shape index (κ2) is 4.82. The van der Waals surface area contributed by atoms with Gasteiger partial charge in [0.2, 0.25) is 0 Å². The van der Waals surface area contributed by atoms with Crippen molar-refractivity contribution in [3.8, 4) is 0 Å². The minimum atomic E-state index is -0.526. The maximum Gasteiger partial charge on any atom is 0.344 e. The molecule has 0 unspecified atom stereocenters. The van der Waals surface area contributed by atoms with Crippen LogP contribution in [-0.2, 0) is 0 Å². The molecule has 2 aromatic rings. The molecule has 7 heteroatoms. The number of pyridine rings is 1. The Balaban J connectivity index is 1.83. The molecule has 0 amide bonds. The van der Waals surface area contributed by atoms with Crippen molar-refractivity contribution in [2.45, 2.75) is 42.1 Å². The van der Waals surface area contributed by atoms with Crippen LogP contribution in [0.15, 0.2) is 33.3 Å². The first-order valence-electron chi connectivity index (χ1n) is 6.14. The number of aliphatic hydroxyl groups excluding tert-OH is 1. The Hall–Kier alpha value is -1.60. The fourth-order valence-electron chi connectivity index (χ4n) is 1.81. The van der Waals surface area contributed by atoms with Crippen molar-refractivity contribution >= 4 is 11.8 Å². The molecule has 1 aliphatic carbocycles. The fraction of sp³-hybridized carbons (Fsp3) is 0.417. The van der Waals surface area contributed by atoms with Gasteiger partial charge in [-0.3, -0.25) is 4.57 Å². The zero-order valence-corrected chi connectivity index (χ0v) is 11.2. The zero-order chi connectivity index (χ0) is 13.4. The molecule has 0 aliphatic heterocycles. The molecule has 0 radical (unpaired) electrons. The van der Waals surface area contributed by atoms with Crippen molar-refractivity contribution in [3.63, 3.8) is 0 Å². The van der Waals surface area contributed by atoms with Crippen LogP contribution in [0.4, 0.5) is 0 Å². The van der Waals surface area contributed by atoms with Gasteiger partial charge < -0.3 is 5.11 Å². The number of nitrogens with one attached hydrogen (secondary N) is 1. The van der Waals surface area contributed by atoms with E-state index in [4.69, 9.17) is 0 Å². The molecule has 1 aliphatic rings. The Morgan fingerprint density at radius 3 is 2.89 bits per heavy atom. The summed E-state index contributed by atoms with van der Waals surface area (Å²) in [5.41, 5.74) is 0.608. The summed E-state index contributed by atoms with van der Waals surface area (Å²) in [5, 5.41) is 17.3. The summed E-state index contributed by atoms with van der Waals surface area (Å²) in [6.45, 7) is 1.70. The Kier molecular flexibility index (Phi) is 3.16. The lowest BCUT2D eigenvalue weighted by atomic mass is 10.2. The van der Waals surface area contributed by atoms with E-state index in [2.05, 4.69) is 15.2 Å². The molecular weight excluding hydrogens is 264 g/mol. The summed E-state index contributed by atoms with van der Waals surface area (Å²) in [7, 11) is 0. The van der Waals surface area contributed by atoms with Crippen LogP contribution in [-0.4, -0.2) is 24.9 Å². The molecule has 2 aromatic heterocycles. The molecule has 0 bridgehead atoms. The van der Waals surface area contributed by atoms with Gasteiger partial charge in [0.15, 0.2) is 5.16 Å². The first-order chi connectivity index (χ1) is 9.15. The SMILES string of the molecule is C[C@@H](O)c1ccc(Sc2n[nH]c(=O)n2C2CC2)nc1. The van der Waals surface area contributed by atoms with Crippen molar-refractivity contribution in [3.05, 3.63) is 34.4 Å². The van der Waals surface area contributed by atoms with E-state index in [-0.39, 0.29) is 11.7 Å². The van der Waals surface area contributed by atoms with E-state index in [1.807, 2.05) is 12.1 Å². The largest absolute Gasteiger partial charge is 0.389 e. The van der Waals surface area contributed by atoms with Crippen LogP contribution in [0.1, 0.15) is 37.5 Å². The molecule has 2 N–H and O–H groups in total. The molecule has 100 valence electrons. The molecule has 3 rings (SSSR count). The van der Waals surface area contributed by atoms with E-state index < -0.39 is 6.10 Å². The number of hydrogen-bond acceptors (Lipinski definition) is 5. The molecule has 2 heterocycles. The van der Waals surface area contributed by atoms with E-state index in [0.717, 1.165) is 23.4 Å². The van der Waals surface area contributed by atoms with E-state index in [9.17, 15) is 9.90 Å². The summed E-state index contributed by atoms with van der Waals surface area (Å²) < 4.78 is 1.69. The van der Waals surface area contributed by atoms with Crippen molar-refractivity contribution < 1.29 is 5.11 Å². The number of hydrogen-bond donors (Lipinski definition) is 2. The Labute approximate surface area is 113 Å². The lowest BCUT2D eigenvalue weighted by Crippen LogP contribution is -2.16. The summed E-state index contributed by atoms with van der Waals surface area (Å²) in [5.74, 6) is 0. The maximum atomic E-state index is 11.6. The van der Waals surface area contributed by atoms with Crippen molar-refractivity contribution in [2.75, 3.05) is 0 Å².